The fourth-order valence-electron chi connectivity index (χ4n) is 2.12. The molecule has 0 aliphatic carbocycles. The summed E-state index contributed by atoms with van der Waals surface area (Å²) in [6.45, 7) is 3.99. The molecule has 1 rings (SSSR count). The van der Waals surface area contributed by atoms with Gasteiger partial charge in [0.25, 0.3) is 0 Å². The van der Waals surface area contributed by atoms with Crippen LogP contribution in [0.15, 0.2) is 22.7 Å². The molecule has 0 saturated carbocycles. The van der Waals surface area contributed by atoms with E-state index in [-0.39, 0.29) is 18.1 Å². The van der Waals surface area contributed by atoms with Crippen LogP contribution in [0.25, 0.3) is 0 Å². The molecule has 1 aromatic carbocycles. The number of methoxy groups -OCH3 is 1. The molecule has 0 aliphatic heterocycles. The first-order chi connectivity index (χ1) is 9.03. The van der Waals surface area contributed by atoms with Gasteiger partial charge in [-0.25, -0.2) is 0 Å². The summed E-state index contributed by atoms with van der Waals surface area (Å²) in [4.78, 5) is 12.0. The molecule has 0 fully saturated rings. The van der Waals surface area contributed by atoms with Crippen LogP contribution in [0.1, 0.15) is 32.3 Å². The zero-order valence-electron chi connectivity index (χ0n) is 11.6. The summed E-state index contributed by atoms with van der Waals surface area (Å²) in [6.07, 6.45) is 1.02. The van der Waals surface area contributed by atoms with Gasteiger partial charge in [0.15, 0.2) is 5.78 Å². The topological polar surface area (TPSA) is 46.5 Å². The molecule has 0 aromatic heterocycles. The monoisotopic (exact) mass is 328 g/mol. The highest BCUT2D eigenvalue weighted by Gasteiger charge is 2.23. The normalized spacial score (nSPS) is 12.5. The molecule has 1 unspecified atom stereocenters. The smallest absolute Gasteiger partial charge is 0.165 e. The van der Waals surface area contributed by atoms with E-state index in [1.165, 1.54) is 0 Å². The molecule has 0 amide bonds. The molecule has 4 heteroatoms. The van der Waals surface area contributed by atoms with Crippen molar-refractivity contribution in [3.8, 4) is 5.75 Å². The molecule has 0 aliphatic rings. The Morgan fingerprint density at radius 1 is 1.37 bits per heavy atom. The molecular weight excluding hydrogens is 308 g/mol. The lowest BCUT2D eigenvalue weighted by Gasteiger charge is -2.18. The maximum atomic E-state index is 12.0. The Bertz CT molecular complexity index is 427. The van der Waals surface area contributed by atoms with Crippen molar-refractivity contribution in [2.24, 2.45) is 5.92 Å². The Morgan fingerprint density at radius 2 is 2.00 bits per heavy atom. The molecular formula is C15H21BrO3. The standard InChI is InChI=1S/C15H21BrO3/c1-4-11(5-2)15(18)13(17)9-10-6-7-14(19-3)12(16)8-10/h6-8,11,15,18H,4-5,9H2,1-3H3. The van der Waals surface area contributed by atoms with Crippen molar-refractivity contribution in [1.29, 1.82) is 0 Å². The maximum absolute atomic E-state index is 12.0. The second-order valence-electron chi connectivity index (χ2n) is 4.63. The summed E-state index contributed by atoms with van der Waals surface area (Å²) < 4.78 is 5.96. The van der Waals surface area contributed by atoms with Crippen LogP contribution in [-0.4, -0.2) is 24.1 Å². The molecule has 0 bridgehead atoms. The van der Waals surface area contributed by atoms with Crippen LogP contribution >= 0.6 is 15.9 Å². The molecule has 106 valence electrons. The first-order valence-electron chi connectivity index (χ1n) is 6.56. The number of aliphatic hydroxyl groups excluding tert-OH is 1. The number of hydrogen-bond donors (Lipinski definition) is 1. The van der Waals surface area contributed by atoms with Crippen LogP contribution in [0.5, 0.6) is 5.75 Å². The fraction of sp³-hybridized carbons (Fsp3) is 0.533. The SMILES string of the molecule is CCC(CC)C(O)C(=O)Cc1ccc(OC)c(Br)c1. The first-order valence-corrected chi connectivity index (χ1v) is 7.35. The highest BCUT2D eigenvalue weighted by Crippen LogP contribution is 2.26. The Hall–Kier alpha value is -0.870. The first kappa shape index (κ1) is 16.2. The number of ether oxygens (including phenoxy) is 1. The van der Waals surface area contributed by atoms with Gasteiger partial charge in [0.1, 0.15) is 11.9 Å². The maximum Gasteiger partial charge on any atom is 0.165 e. The van der Waals surface area contributed by atoms with Crippen LogP contribution in [0.3, 0.4) is 0 Å². The number of aliphatic hydroxyl groups is 1. The van der Waals surface area contributed by atoms with E-state index < -0.39 is 6.10 Å². The molecule has 0 saturated heterocycles. The number of carbonyl (C=O) groups excluding carboxylic acids is 1. The summed E-state index contributed by atoms with van der Waals surface area (Å²) in [5, 5.41) is 10.0. The quantitative estimate of drug-likeness (QED) is 0.834. The predicted octanol–water partition coefficient (Wildman–Crippen LogP) is 3.37. The average Bonchev–Trinajstić information content (AvgIpc) is 2.40. The Labute approximate surface area is 123 Å². The van der Waals surface area contributed by atoms with E-state index in [4.69, 9.17) is 4.74 Å². The van der Waals surface area contributed by atoms with Crippen molar-refractivity contribution >= 4 is 21.7 Å². The second-order valence-corrected chi connectivity index (χ2v) is 5.49. The minimum Gasteiger partial charge on any atom is -0.496 e. The van der Waals surface area contributed by atoms with Gasteiger partial charge >= 0.3 is 0 Å². The summed E-state index contributed by atoms with van der Waals surface area (Å²) in [6, 6.07) is 5.52. The van der Waals surface area contributed by atoms with Gasteiger partial charge in [0, 0.05) is 6.42 Å². The average molecular weight is 329 g/mol. The Kier molecular flexibility index (Phi) is 6.52. The fourth-order valence-corrected chi connectivity index (χ4v) is 2.71. The zero-order valence-corrected chi connectivity index (χ0v) is 13.2. The molecule has 3 nitrogen and oxygen atoms in total. The third-order valence-corrected chi connectivity index (χ3v) is 4.04. The van der Waals surface area contributed by atoms with Gasteiger partial charge in [0.2, 0.25) is 0 Å². The predicted molar refractivity (Wildman–Crippen MR) is 79.5 cm³/mol. The largest absolute Gasteiger partial charge is 0.496 e. The molecule has 19 heavy (non-hydrogen) atoms. The van der Waals surface area contributed by atoms with Crippen molar-refractivity contribution < 1.29 is 14.6 Å². The van der Waals surface area contributed by atoms with Crippen LogP contribution in [0.4, 0.5) is 0 Å². The van der Waals surface area contributed by atoms with Gasteiger partial charge in [-0.2, -0.15) is 0 Å². The summed E-state index contributed by atoms with van der Waals surface area (Å²) in [5.74, 6) is 0.664. The van der Waals surface area contributed by atoms with Crippen LogP contribution < -0.4 is 4.74 Å². The molecule has 0 spiro atoms. The van der Waals surface area contributed by atoms with Gasteiger partial charge in [0.05, 0.1) is 11.6 Å². The van der Waals surface area contributed by atoms with E-state index in [2.05, 4.69) is 15.9 Å². The van der Waals surface area contributed by atoms with Gasteiger partial charge in [-0.05, 0) is 39.5 Å². The van der Waals surface area contributed by atoms with Crippen molar-refractivity contribution in [1.82, 2.24) is 0 Å². The van der Waals surface area contributed by atoms with Gasteiger partial charge in [-0.3, -0.25) is 4.79 Å². The minimum atomic E-state index is -0.865. The number of benzene rings is 1. The van der Waals surface area contributed by atoms with Gasteiger partial charge in [-0.1, -0.05) is 32.8 Å². The van der Waals surface area contributed by atoms with Gasteiger partial charge < -0.3 is 9.84 Å². The Balaban J connectivity index is 2.74. The molecule has 0 heterocycles. The molecule has 0 radical (unpaired) electrons. The lowest BCUT2D eigenvalue weighted by molar-refractivity contribution is -0.129. The van der Waals surface area contributed by atoms with Crippen molar-refractivity contribution in [2.45, 2.75) is 39.2 Å². The lowest BCUT2D eigenvalue weighted by Crippen LogP contribution is -2.30. The highest BCUT2D eigenvalue weighted by atomic mass is 79.9. The third-order valence-electron chi connectivity index (χ3n) is 3.42. The minimum absolute atomic E-state index is 0.0502. The van der Waals surface area contributed by atoms with E-state index in [1.54, 1.807) is 7.11 Å². The highest BCUT2D eigenvalue weighted by molar-refractivity contribution is 9.10. The van der Waals surface area contributed by atoms with E-state index in [0.717, 1.165) is 28.6 Å². The van der Waals surface area contributed by atoms with E-state index in [0.29, 0.717) is 0 Å². The summed E-state index contributed by atoms with van der Waals surface area (Å²) >= 11 is 3.39. The van der Waals surface area contributed by atoms with Crippen molar-refractivity contribution in [2.75, 3.05) is 7.11 Å². The number of Topliss-reactive ketones (excluding diaryl/α,β-unsaturated/α-hetero) is 1. The number of halogens is 1. The number of hydrogen-bond acceptors (Lipinski definition) is 3. The van der Waals surface area contributed by atoms with Crippen LogP contribution in [0, 0.1) is 5.92 Å². The zero-order chi connectivity index (χ0) is 14.4. The van der Waals surface area contributed by atoms with Gasteiger partial charge in [-0.15, -0.1) is 0 Å². The van der Waals surface area contributed by atoms with Crippen LogP contribution in [-0.2, 0) is 11.2 Å². The number of rotatable bonds is 7. The summed E-state index contributed by atoms with van der Waals surface area (Å²) in [7, 11) is 1.60. The molecule has 1 N–H and O–H groups in total. The Morgan fingerprint density at radius 3 is 2.47 bits per heavy atom. The van der Waals surface area contributed by atoms with Crippen molar-refractivity contribution in [3.05, 3.63) is 28.2 Å². The lowest BCUT2D eigenvalue weighted by atomic mass is 9.91. The summed E-state index contributed by atoms with van der Waals surface area (Å²) in [5.41, 5.74) is 0.877. The molecule has 1 aromatic rings. The second kappa shape index (κ2) is 7.65. The van der Waals surface area contributed by atoms with E-state index >= 15 is 0 Å². The van der Waals surface area contributed by atoms with Crippen LogP contribution in [0.2, 0.25) is 0 Å². The number of ketones is 1. The van der Waals surface area contributed by atoms with E-state index in [1.807, 2.05) is 32.0 Å². The number of carbonyl (C=O) groups is 1. The molecule has 1 atom stereocenters. The van der Waals surface area contributed by atoms with Crippen molar-refractivity contribution in [3.63, 3.8) is 0 Å². The van der Waals surface area contributed by atoms with E-state index in [9.17, 15) is 9.90 Å². The third kappa shape index (κ3) is 4.32.